The molecule has 0 nitrogen and oxygen atoms in total. The van der Waals surface area contributed by atoms with Crippen molar-refractivity contribution >= 4 is 23.5 Å². The number of hydrogen-bond donors (Lipinski definition) is 0. The maximum absolute atomic E-state index is 12.3. The highest BCUT2D eigenvalue weighted by atomic mass is 32.2. The van der Waals surface area contributed by atoms with Crippen LogP contribution >= 0.6 is 23.5 Å². The van der Waals surface area contributed by atoms with Gasteiger partial charge < -0.3 is 0 Å². The second-order valence-corrected chi connectivity index (χ2v) is 8.60. The third kappa shape index (κ3) is 4.33. The number of thioether (sulfide) groups is 2. The lowest BCUT2D eigenvalue weighted by atomic mass is 9.81. The van der Waals surface area contributed by atoms with Gasteiger partial charge in [-0.2, -0.15) is 0 Å². The lowest BCUT2D eigenvalue weighted by Gasteiger charge is -2.36. The lowest BCUT2D eigenvalue weighted by molar-refractivity contribution is 0.256. The van der Waals surface area contributed by atoms with Crippen molar-refractivity contribution in [1.29, 1.82) is 0 Å². The minimum atomic E-state index is -0.110. The Hall–Kier alpha value is 0.630. The molecule has 0 radical (unpaired) electrons. The van der Waals surface area contributed by atoms with Crippen LogP contribution < -0.4 is 0 Å². The van der Waals surface area contributed by atoms with E-state index >= 15 is 0 Å². The SMILES string of the molecule is CCCC1CSC(C2CCC(CCF)CC2)SC1. The molecule has 0 spiro atoms. The molecule has 0 bridgehead atoms. The number of hydrogen-bond acceptors (Lipinski definition) is 2. The van der Waals surface area contributed by atoms with Gasteiger partial charge in [0.15, 0.2) is 0 Å². The van der Waals surface area contributed by atoms with Crippen molar-refractivity contribution in [3.63, 3.8) is 0 Å². The van der Waals surface area contributed by atoms with E-state index in [9.17, 15) is 4.39 Å². The van der Waals surface area contributed by atoms with Gasteiger partial charge in [0.05, 0.1) is 11.3 Å². The van der Waals surface area contributed by atoms with Crippen molar-refractivity contribution in [2.45, 2.75) is 56.5 Å². The lowest BCUT2D eigenvalue weighted by Crippen LogP contribution is -2.27. The molecule has 0 aromatic rings. The van der Waals surface area contributed by atoms with Gasteiger partial charge in [-0.05, 0) is 54.9 Å². The summed E-state index contributed by atoms with van der Waals surface area (Å²) in [5, 5.41) is 0. The molecule has 0 N–H and O–H groups in total. The second kappa shape index (κ2) is 8.04. The van der Waals surface area contributed by atoms with Crippen LogP contribution in [0.15, 0.2) is 0 Å². The molecule has 2 fully saturated rings. The maximum atomic E-state index is 12.3. The average Bonchev–Trinajstić information content (AvgIpc) is 2.41. The van der Waals surface area contributed by atoms with E-state index in [4.69, 9.17) is 0 Å². The molecule has 0 aromatic carbocycles. The molecule has 2 rings (SSSR count). The normalized spacial score (nSPS) is 37.7. The molecule has 1 heterocycles. The molecule has 18 heavy (non-hydrogen) atoms. The molecule has 1 aliphatic heterocycles. The molecule has 0 atom stereocenters. The van der Waals surface area contributed by atoms with Crippen LogP contribution in [0.1, 0.15) is 51.9 Å². The molecule has 0 aromatic heterocycles. The van der Waals surface area contributed by atoms with Crippen molar-refractivity contribution in [1.82, 2.24) is 0 Å². The summed E-state index contributed by atoms with van der Waals surface area (Å²) in [7, 11) is 0. The monoisotopic (exact) mass is 290 g/mol. The van der Waals surface area contributed by atoms with Gasteiger partial charge in [-0.25, -0.2) is 0 Å². The highest BCUT2D eigenvalue weighted by Gasteiger charge is 2.31. The maximum Gasteiger partial charge on any atom is 0.0897 e. The average molecular weight is 291 g/mol. The summed E-state index contributed by atoms with van der Waals surface area (Å²) in [5.74, 6) is 5.34. The third-order valence-corrected chi connectivity index (χ3v) is 8.05. The Morgan fingerprint density at radius 1 is 0.944 bits per heavy atom. The first-order valence-electron chi connectivity index (χ1n) is 7.62. The minimum Gasteiger partial charge on any atom is -0.251 e. The van der Waals surface area contributed by atoms with Crippen LogP contribution in [0.5, 0.6) is 0 Å². The molecule has 1 aliphatic carbocycles. The van der Waals surface area contributed by atoms with E-state index in [1.165, 1.54) is 50.0 Å². The Morgan fingerprint density at radius 3 is 2.17 bits per heavy atom. The van der Waals surface area contributed by atoms with E-state index in [0.717, 1.165) is 22.8 Å². The molecule has 3 heteroatoms. The molecule has 2 aliphatic rings. The molecule has 1 saturated carbocycles. The minimum absolute atomic E-state index is 0.110. The molecule has 0 amide bonds. The Morgan fingerprint density at radius 2 is 1.61 bits per heavy atom. The van der Waals surface area contributed by atoms with E-state index in [-0.39, 0.29) is 6.67 Å². The summed E-state index contributed by atoms with van der Waals surface area (Å²) in [4.78, 5) is 0. The van der Waals surface area contributed by atoms with Gasteiger partial charge in [-0.15, -0.1) is 23.5 Å². The molecular formula is C15H27FS2. The van der Waals surface area contributed by atoms with Crippen LogP contribution in [-0.2, 0) is 0 Å². The third-order valence-electron chi connectivity index (χ3n) is 4.48. The Labute approximate surface area is 120 Å². The van der Waals surface area contributed by atoms with Crippen LogP contribution in [0, 0.1) is 17.8 Å². The predicted octanol–water partition coefficient (Wildman–Crippen LogP) is 5.37. The predicted molar refractivity (Wildman–Crippen MR) is 83.1 cm³/mol. The first-order chi connectivity index (χ1) is 8.83. The quantitative estimate of drug-likeness (QED) is 0.667. The summed E-state index contributed by atoms with van der Waals surface area (Å²) in [6.45, 7) is 2.19. The summed E-state index contributed by atoms with van der Waals surface area (Å²) < 4.78 is 13.2. The molecule has 0 unspecified atom stereocenters. The fourth-order valence-corrected chi connectivity index (χ4v) is 6.90. The van der Waals surface area contributed by atoms with Crippen LogP contribution in [0.4, 0.5) is 4.39 Å². The van der Waals surface area contributed by atoms with Crippen LogP contribution in [0.25, 0.3) is 0 Å². The van der Waals surface area contributed by atoms with Gasteiger partial charge in [0.25, 0.3) is 0 Å². The molecule has 106 valence electrons. The van der Waals surface area contributed by atoms with Crippen molar-refractivity contribution in [3.8, 4) is 0 Å². The van der Waals surface area contributed by atoms with E-state index in [2.05, 4.69) is 30.4 Å². The van der Waals surface area contributed by atoms with Crippen LogP contribution in [0.3, 0.4) is 0 Å². The molecular weight excluding hydrogens is 263 g/mol. The van der Waals surface area contributed by atoms with Crippen molar-refractivity contribution < 1.29 is 4.39 Å². The van der Waals surface area contributed by atoms with E-state index in [0.29, 0.717) is 5.92 Å². The second-order valence-electron chi connectivity index (χ2n) is 5.95. The van der Waals surface area contributed by atoms with Gasteiger partial charge >= 0.3 is 0 Å². The summed E-state index contributed by atoms with van der Waals surface area (Å²) in [5.41, 5.74) is 0. The van der Waals surface area contributed by atoms with Crippen LogP contribution in [-0.4, -0.2) is 22.8 Å². The van der Waals surface area contributed by atoms with Crippen molar-refractivity contribution in [3.05, 3.63) is 0 Å². The van der Waals surface area contributed by atoms with Crippen LogP contribution in [0.2, 0.25) is 0 Å². The number of halogens is 1. The van der Waals surface area contributed by atoms with Gasteiger partial charge in [0, 0.05) is 0 Å². The van der Waals surface area contributed by atoms with E-state index in [1.54, 1.807) is 0 Å². The smallest absolute Gasteiger partial charge is 0.0897 e. The number of alkyl halides is 1. The zero-order valence-electron chi connectivity index (χ0n) is 11.6. The van der Waals surface area contributed by atoms with Gasteiger partial charge in [0.1, 0.15) is 0 Å². The largest absolute Gasteiger partial charge is 0.251 e. The zero-order valence-corrected chi connectivity index (χ0v) is 13.2. The van der Waals surface area contributed by atoms with E-state index in [1.807, 2.05) is 0 Å². The highest BCUT2D eigenvalue weighted by molar-refractivity contribution is 8.17. The first kappa shape index (κ1) is 15.0. The Kier molecular flexibility index (Phi) is 6.71. The Bertz CT molecular complexity index is 195. The number of rotatable bonds is 5. The summed E-state index contributed by atoms with van der Waals surface area (Å²) >= 11 is 4.44. The Balaban J connectivity index is 1.68. The van der Waals surface area contributed by atoms with Gasteiger partial charge in [-0.3, -0.25) is 4.39 Å². The fourth-order valence-electron chi connectivity index (χ4n) is 3.31. The van der Waals surface area contributed by atoms with Gasteiger partial charge in [-0.1, -0.05) is 26.2 Å². The molecule has 1 saturated heterocycles. The zero-order chi connectivity index (χ0) is 12.8. The van der Waals surface area contributed by atoms with E-state index < -0.39 is 0 Å². The summed E-state index contributed by atoms with van der Waals surface area (Å²) in [6, 6.07) is 0. The highest BCUT2D eigenvalue weighted by Crippen LogP contribution is 2.45. The van der Waals surface area contributed by atoms with Gasteiger partial charge in [0.2, 0.25) is 0 Å². The summed E-state index contributed by atoms with van der Waals surface area (Å²) in [6.07, 6.45) is 8.84. The first-order valence-corrected chi connectivity index (χ1v) is 9.72. The van der Waals surface area contributed by atoms with Crippen molar-refractivity contribution in [2.75, 3.05) is 18.2 Å². The van der Waals surface area contributed by atoms with Crippen molar-refractivity contribution in [2.24, 2.45) is 17.8 Å². The standard InChI is InChI=1S/C15H27FS2/c1-2-3-13-10-17-15(18-11-13)14-6-4-12(5-7-14)8-9-16/h12-15H,2-11H2,1H3. The topological polar surface area (TPSA) is 0 Å². The fraction of sp³-hybridized carbons (Fsp3) is 1.00.